The Morgan fingerprint density at radius 1 is 0.679 bits per heavy atom. The van der Waals surface area contributed by atoms with Crippen molar-refractivity contribution in [1.29, 1.82) is 0 Å². The van der Waals surface area contributed by atoms with E-state index in [0.717, 1.165) is 19.4 Å². The van der Waals surface area contributed by atoms with Crippen LogP contribution < -0.4 is 29.6 Å². The van der Waals surface area contributed by atoms with Crippen LogP contribution in [0, 0.1) is 13.8 Å². The molecule has 0 atom stereocenters. The first kappa shape index (κ1) is 41.4. The minimum absolute atomic E-state index is 0.0357. The molecule has 1 aromatic carbocycles. The van der Waals surface area contributed by atoms with Crippen LogP contribution in [-0.2, 0) is 34.6 Å². The van der Waals surface area contributed by atoms with Gasteiger partial charge in [0.15, 0.2) is 14.9 Å². The highest BCUT2D eigenvalue weighted by Gasteiger charge is 2.29. The van der Waals surface area contributed by atoms with E-state index in [-0.39, 0.29) is 39.9 Å². The fourth-order valence-electron chi connectivity index (χ4n) is 4.00. The molecule has 0 bridgehead atoms. The van der Waals surface area contributed by atoms with Gasteiger partial charge in [0.1, 0.15) is 9.79 Å². The van der Waals surface area contributed by atoms with Crippen LogP contribution in [-0.4, -0.2) is 95.3 Å². The van der Waals surface area contributed by atoms with Crippen molar-refractivity contribution in [3.05, 3.63) is 71.7 Å². The summed E-state index contributed by atoms with van der Waals surface area (Å²) in [6.45, 7) is 4.77. The van der Waals surface area contributed by atoms with Crippen molar-refractivity contribution in [3.63, 3.8) is 0 Å². The quantitative estimate of drug-likeness (QED) is 0.157. The number of sulfone groups is 1. The normalized spacial score (nSPS) is 11.2. The lowest BCUT2D eigenvalue weighted by Crippen LogP contribution is -2.36. The van der Waals surface area contributed by atoms with Gasteiger partial charge in [0.25, 0.3) is 20.0 Å². The van der Waals surface area contributed by atoms with E-state index in [4.69, 9.17) is 9.47 Å². The Morgan fingerprint density at radius 3 is 1.72 bits per heavy atom. The minimum atomic E-state index is -4.61. The maximum atomic E-state index is 12.5. The molecule has 4 amide bonds. The van der Waals surface area contributed by atoms with Gasteiger partial charge in [0, 0.05) is 17.6 Å². The van der Waals surface area contributed by atoms with E-state index in [2.05, 4.69) is 40.3 Å². The van der Waals surface area contributed by atoms with Gasteiger partial charge in [0.05, 0.1) is 38.7 Å². The summed E-state index contributed by atoms with van der Waals surface area (Å²) in [6.07, 6.45) is 1.09. The summed E-state index contributed by atoms with van der Waals surface area (Å²) in [5, 5.41) is 3.55. The first-order valence-electron chi connectivity index (χ1n) is 14.7. The summed E-state index contributed by atoms with van der Waals surface area (Å²) in [7, 11) is -9.02. The number of aromatic nitrogens is 5. The van der Waals surface area contributed by atoms with E-state index in [1.54, 1.807) is 24.6 Å². The van der Waals surface area contributed by atoms with Crippen LogP contribution in [0.1, 0.15) is 28.7 Å². The number of sulfonamides is 2. The molecule has 3 aromatic heterocycles. The number of carbonyl (C=O) groups excluding carboxylic acids is 3. The van der Waals surface area contributed by atoms with Crippen LogP contribution in [0.2, 0.25) is 0 Å². The number of ether oxygens (including phenoxy) is 3. The zero-order valence-electron chi connectivity index (χ0n) is 28.8. The van der Waals surface area contributed by atoms with Gasteiger partial charge in [-0.1, -0.05) is 19.1 Å². The van der Waals surface area contributed by atoms with E-state index in [0.29, 0.717) is 11.4 Å². The van der Waals surface area contributed by atoms with E-state index in [9.17, 15) is 39.6 Å². The van der Waals surface area contributed by atoms with Gasteiger partial charge in [-0.05, 0) is 44.2 Å². The lowest BCUT2D eigenvalue weighted by molar-refractivity contribution is 0.0596. The van der Waals surface area contributed by atoms with Crippen molar-refractivity contribution in [2.75, 3.05) is 37.7 Å². The number of carbonyl (C=O) groups is 3. The summed E-state index contributed by atoms with van der Waals surface area (Å²) in [5.74, 6) is -1.39. The largest absolute Gasteiger partial charge is 0.481 e. The molecule has 4 rings (SSSR count). The number of hydrogen-bond acceptors (Lipinski definition) is 17. The number of rotatable bonds is 11. The number of nitrogens with one attached hydrogen (secondary N) is 4. The molecule has 0 saturated carbocycles. The number of amides is 4. The van der Waals surface area contributed by atoms with Gasteiger partial charge in [-0.15, -0.1) is 0 Å². The zero-order chi connectivity index (χ0) is 39.6. The molecule has 0 saturated heterocycles. The number of methoxy groups -OCH3 is 3. The molecular weight excluding hydrogens is 763 g/mol. The number of esters is 1. The second-order valence-corrected chi connectivity index (χ2v) is 15.6. The summed E-state index contributed by atoms with van der Waals surface area (Å²) < 4.78 is 91.8. The summed E-state index contributed by atoms with van der Waals surface area (Å²) in [5.41, 5.74) is 1.04. The van der Waals surface area contributed by atoms with E-state index in [1.165, 1.54) is 57.5 Å². The Morgan fingerprint density at radius 2 is 1.19 bits per heavy atom. The van der Waals surface area contributed by atoms with Crippen LogP contribution >= 0.6 is 0 Å². The van der Waals surface area contributed by atoms with Crippen LogP contribution in [0.25, 0.3) is 0 Å². The fourth-order valence-corrected chi connectivity index (χ4v) is 7.66. The molecule has 4 N–H and O–H groups in total. The molecule has 0 aliphatic carbocycles. The zero-order valence-corrected chi connectivity index (χ0v) is 31.2. The Balaban J connectivity index is 0.000000287. The van der Waals surface area contributed by atoms with Crippen LogP contribution in [0.4, 0.5) is 21.5 Å². The second kappa shape index (κ2) is 17.5. The number of urea groups is 2. The van der Waals surface area contributed by atoms with Crippen LogP contribution in [0.3, 0.4) is 0 Å². The van der Waals surface area contributed by atoms with Gasteiger partial charge < -0.3 is 14.2 Å². The smallest absolute Gasteiger partial charge is 0.339 e. The van der Waals surface area contributed by atoms with Crippen molar-refractivity contribution in [1.82, 2.24) is 34.4 Å². The van der Waals surface area contributed by atoms with Crippen LogP contribution in [0.5, 0.6) is 11.8 Å². The second-order valence-electron chi connectivity index (χ2n) is 10.1. The topological polar surface area (TPSA) is 294 Å². The minimum Gasteiger partial charge on any atom is -0.481 e. The standard InChI is InChI=1S/C15H16N4O5S.C14H17N5O7S2/c1-9-8-10(2)17-14(16-9)18-15(21)19-25(22,23)12-7-5-4-6-11(12)13(20)24-3;1-4-27(21,22)9-6-5-7-15-12(9)28(23,24)19-14(20)18-13-16-10(25-2)8-11(17-13)26-3/h4-8H,1-3H3,(H2,16,17,18,19,21);5-8H,4H2,1-3H3,(H2,16,17,18,19,20). The van der Waals surface area contributed by atoms with E-state index in [1.807, 2.05) is 4.72 Å². The highest BCUT2D eigenvalue weighted by atomic mass is 32.2. The lowest BCUT2D eigenvalue weighted by Gasteiger charge is -2.11. The third-order valence-corrected chi connectivity index (χ3v) is 10.8. The van der Waals surface area contributed by atoms with E-state index < -0.39 is 57.8 Å². The molecule has 3 heterocycles. The molecule has 0 radical (unpaired) electrons. The van der Waals surface area contributed by atoms with Gasteiger partial charge in [-0.2, -0.15) is 18.4 Å². The number of aryl methyl sites for hydroxylation is 2. The highest BCUT2D eigenvalue weighted by molar-refractivity contribution is 7.93. The van der Waals surface area contributed by atoms with Crippen molar-refractivity contribution in [2.24, 2.45) is 0 Å². The van der Waals surface area contributed by atoms with Gasteiger partial charge in [0.2, 0.25) is 23.7 Å². The Labute approximate surface area is 304 Å². The Hall–Kier alpha value is -6.01. The Kier molecular flexibility index (Phi) is 13.7. The number of benzene rings is 1. The molecule has 53 heavy (non-hydrogen) atoms. The lowest BCUT2D eigenvalue weighted by atomic mass is 10.2. The SMILES string of the molecule is CCS(=O)(=O)c1cccnc1S(=O)(=O)NC(=O)Nc1nc(OC)cc(OC)n1.COC(=O)c1ccccc1S(=O)(=O)NC(=O)Nc1nc(C)cc(C)n1. The number of pyridine rings is 1. The maximum Gasteiger partial charge on any atom is 0.339 e. The first-order valence-corrected chi connectivity index (χ1v) is 19.3. The van der Waals surface area contributed by atoms with Crippen LogP contribution in [0.15, 0.2) is 69.5 Å². The average Bonchev–Trinajstić information content (AvgIpc) is 3.10. The molecule has 284 valence electrons. The molecule has 0 aliphatic heterocycles. The molecule has 0 spiro atoms. The molecule has 0 aliphatic rings. The van der Waals surface area contributed by atoms with Crippen molar-refractivity contribution in [2.45, 2.75) is 35.6 Å². The predicted molar refractivity (Wildman–Crippen MR) is 185 cm³/mol. The molecule has 0 fully saturated rings. The van der Waals surface area contributed by atoms with Gasteiger partial charge in [-0.3, -0.25) is 10.6 Å². The van der Waals surface area contributed by atoms with Crippen molar-refractivity contribution < 1.29 is 53.8 Å². The highest BCUT2D eigenvalue weighted by Crippen LogP contribution is 2.21. The fraction of sp³-hybridized carbons (Fsp3) is 0.241. The molecule has 24 heteroatoms. The third kappa shape index (κ3) is 11.2. The van der Waals surface area contributed by atoms with E-state index >= 15 is 0 Å². The van der Waals surface area contributed by atoms with Crippen molar-refractivity contribution >= 4 is 59.8 Å². The third-order valence-electron chi connectivity index (χ3n) is 6.27. The molecule has 4 aromatic rings. The maximum absolute atomic E-state index is 12.5. The first-order chi connectivity index (χ1) is 24.8. The average molecular weight is 796 g/mol. The number of anilines is 2. The predicted octanol–water partition coefficient (Wildman–Crippen LogP) is 1.58. The number of hydrogen-bond donors (Lipinski definition) is 4. The summed E-state index contributed by atoms with van der Waals surface area (Å²) in [6, 6.07) is 8.50. The van der Waals surface area contributed by atoms with Gasteiger partial charge >= 0.3 is 18.0 Å². The number of nitrogens with zero attached hydrogens (tertiary/aromatic N) is 5. The summed E-state index contributed by atoms with van der Waals surface area (Å²) in [4.78, 5) is 54.1. The van der Waals surface area contributed by atoms with Gasteiger partial charge in [-0.25, -0.2) is 55.6 Å². The molecule has 21 nitrogen and oxygen atoms in total. The Bertz CT molecular complexity index is 2300. The monoisotopic (exact) mass is 795 g/mol. The molecular formula is C29H33N9O12S3. The van der Waals surface area contributed by atoms with Crippen molar-refractivity contribution in [3.8, 4) is 11.8 Å². The summed E-state index contributed by atoms with van der Waals surface area (Å²) >= 11 is 0. The molecule has 0 unspecified atom stereocenters.